The van der Waals surface area contributed by atoms with E-state index in [1.165, 1.54) is 22.2 Å². The Morgan fingerprint density at radius 2 is 1.46 bits per heavy atom. The molecule has 4 rings (SSSR count). The highest BCUT2D eigenvalue weighted by atomic mass is 15.1. The molecule has 130 valence electrons. The van der Waals surface area contributed by atoms with Crippen LogP contribution in [0.3, 0.4) is 0 Å². The summed E-state index contributed by atoms with van der Waals surface area (Å²) < 4.78 is 0. The molecule has 3 aromatic carbocycles. The first-order chi connectivity index (χ1) is 12.7. The van der Waals surface area contributed by atoms with Crippen molar-refractivity contribution in [2.24, 2.45) is 0 Å². The van der Waals surface area contributed by atoms with Gasteiger partial charge in [0, 0.05) is 40.8 Å². The molecule has 0 radical (unpaired) electrons. The quantitative estimate of drug-likeness (QED) is 0.394. The van der Waals surface area contributed by atoms with E-state index in [0.29, 0.717) is 0 Å². The maximum Gasteiger partial charge on any atom is 0.0736 e. The summed E-state index contributed by atoms with van der Waals surface area (Å²) >= 11 is 0. The number of aromatic nitrogens is 1. The van der Waals surface area contributed by atoms with Crippen LogP contribution in [0.15, 0.2) is 66.7 Å². The molecule has 1 aromatic heterocycles. The first kappa shape index (κ1) is 16.4. The van der Waals surface area contributed by atoms with Crippen molar-refractivity contribution in [2.75, 3.05) is 23.7 Å². The zero-order chi connectivity index (χ0) is 18.1. The molecule has 3 heteroatoms. The third kappa shape index (κ3) is 2.76. The number of hydrogen-bond donors (Lipinski definition) is 1. The molecular formula is C23H23N3. The summed E-state index contributed by atoms with van der Waals surface area (Å²) in [7, 11) is 0. The monoisotopic (exact) mass is 341 g/mol. The molecule has 1 heterocycles. The van der Waals surface area contributed by atoms with Crippen LogP contribution in [0, 0.1) is 0 Å². The number of nitrogens with two attached hydrogens (primary N) is 1. The Labute approximate surface area is 154 Å². The smallest absolute Gasteiger partial charge is 0.0736 e. The predicted molar refractivity (Wildman–Crippen MR) is 113 cm³/mol. The number of pyridine rings is 1. The Morgan fingerprint density at radius 1 is 0.808 bits per heavy atom. The van der Waals surface area contributed by atoms with Gasteiger partial charge in [0.25, 0.3) is 0 Å². The van der Waals surface area contributed by atoms with E-state index < -0.39 is 0 Å². The predicted octanol–water partition coefficient (Wildman–Crippen LogP) is 5.48. The van der Waals surface area contributed by atoms with Gasteiger partial charge in [-0.05, 0) is 43.7 Å². The molecule has 0 aliphatic carbocycles. The van der Waals surface area contributed by atoms with Crippen molar-refractivity contribution in [1.29, 1.82) is 0 Å². The molecule has 0 saturated carbocycles. The highest BCUT2D eigenvalue weighted by molar-refractivity contribution is 6.10. The standard InChI is InChI=1S/C23H23N3/c1-3-26(4-2)18-11-13-20-22(15-18)25-21-14-17(24)10-12-19(21)23(20)16-8-6-5-7-9-16/h5-15H,3-4,24H2,1-2H3. The van der Waals surface area contributed by atoms with Crippen LogP contribution < -0.4 is 10.6 Å². The SMILES string of the molecule is CCN(CC)c1ccc2c(-c3ccccc3)c3ccc(N)cc3nc2c1. The van der Waals surface area contributed by atoms with Crippen molar-refractivity contribution >= 4 is 33.2 Å². The molecule has 0 aliphatic rings. The summed E-state index contributed by atoms with van der Waals surface area (Å²) in [5.41, 5.74) is 12.3. The van der Waals surface area contributed by atoms with Gasteiger partial charge in [-0.15, -0.1) is 0 Å². The second-order valence-electron chi connectivity index (χ2n) is 6.50. The zero-order valence-corrected chi connectivity index (χ0v) is 15.2. The van der Waals surface area contributed by atoms with Gasteiger partial charge in [0.1, 0.15) is 0 Å². The fourth-order valence-electron chi connectivity index (χ4n) is 3.65. The highest BCUT2D eigenvalue weighted by Gasteiger charge is 2.13. The van der Waals surface area contributed by atoms with Crippen molar-refractivity contribution in [2.45, 2.75) is 13.8 Å². The van der Waals surface area contributed by atoms with Gasteiger partial charge in [-0.2, -0.15) is 0 Å². The maximum atomic E-state index is 6.03. The van der Waals surface area contributed by atoms with Crippen molar-refractivity contribution in [3.05, 3.63) is 66.7 Å². The molecule has 0 unspecified atom stereocenters. The van der Waals surface area contributed by atoms with Crippen LogP contribution in [-0.2, 0) is 0 Å². The molecule has 0 saturated heterocycles. The van der Waals surface area contributed by atoms with E-state index in [-0.39, 0.29) is 0 Å². The van der Waals surface area contributed by atoms with Crippen LogP contribution in [0.2, 0.25) is 0 Å². The molecule has 4 aromatic rings. The highest BCUT2D eigenvalue weighted by Crippen LogP contribution is 2.36. The molecule has 0 fully saturated rings. The number of hydrogen-bond acceptors (Lipinski definition) is 3. The van der Waals surface area contributed by atoms with Crippen molar-refractivity contribution < 1.29 is 0 Å². The lowest BCUT2D eigenvalue weighted by atomic mass is 9.95. The Balaban J connectivity index is 2.07. The lowest BCUT2D eigenvalue weighted by molar-refractivity contribution is 0.867. The second kappa shape index (κ2) is 6.68. The summed E-state index contributed by atoms with van der Waals surface area (Å²) in [4.78, 5) is 7.27. The first-order valence-electron chi connectivity index (χ1n) is 9.14. The minimum Gasteiger partial charge on any atom is -0.399 e. The fraction of sp³-hybridized carbons (Fsp3) is 0.174. The van der Waals surface area contributed by atoms with Crippen molar-refractivity contribution in [1.82, 2.24) is 4.98 Å². The average Bonchev–Trinajstić information content (AvgIpc) is 2.67. The fourth-order valence-corrected chi connectivity index (χ4v) is 3.65. The van der Waals surface area contributed by atoms with Crippen LogP contribution in [-0.4, -0.2) is 18.1 Å². The number of benzene rings is 3. The van der Waals surface area contributed by atoms with Gasteiger partial charge in [-0.1, -0.05) is 42.5 Å². The number of rotatable bonds is 4. The number of anilines is 2. The van der Waals surface area contributed by atoms with E-state index in [1.807, 2.05) is 18.2 Å². The third-order valence-electron chi connectivity index (χ3n) is 4.97. The Morgan fingerprint density at radius 3 is 2.15 bits per heavy atom. The van der Waals surface area contributed by atoms with E-state index in [2.05, 4.69) is 67.3 Å². The number of nitrogen functional groups attached to an aromatic ring is 1. The van der Waals surface area contributed by atoms with Crippen LogP contribution >= 0.6 is 0 Å². The molecule has 0 bridgehead atoms. The summed E-state index contributed by atoms with van der Waals surface area (Å²) in [5, 5.41) is 2.30. The minimum atomic E-state index is 0.739. The molecule has 0 aliphatic heterocycles. The Kier molecular flexibility index (Phi) is 4.21. The minimum absolute atomic E-state index is 0.739. The van der Waals surface area contributed by atoms with Gasteiger partial charge < -0.3 is 10.6 Å². The van der Waals surface area contributed by atoms with Crippen LogP contribution in [0.4, 0.5) is 11.4 Å². The van der Waals surface area contributed by atoms with Gasteiger partial charge in [-0.25, -0.2) is 4.98 Å². The van der Waals surface area contributed by atoms with Crippen LogP contribution in [0.25, 0.3) is 32.9 Å². The molecular weight excluding hydrogens is 318 g/mol. The van der Waals surface area contributed by atoms with Crippen LogP contribution in [0.1, 0.15) is 13.8 Å². The van der Waals surface area contributed by atoms with Gasteiger partial charge >= 0.3 is 0 Å². The normalized spacial score (nSPS) is 11.2. The van der Waals surface area contributed by atoms with E-state index in [9.17, 15) is 0 Å². The number of fused-ring (bicyclic) bond motifs is 2. The van der Waals surface area contributed by atoms with Crippen LogP contribution in [0.5, 0.6) is 0 Å². The van der Waals surface area contributed by atoms with E-state index >= 15 is 0 Å². The first-order valence-corrected chi connectivity index (χ1v) is 9.14. The largest absolute Gasteiger partial charge is 0.399 e. The lowest BCUT2D eigenvalue weighted by Crippen LogP contribution is -2.21. The van der Waals surface area contributed by atoms with Crippen molar-refractivity contribution in [3.8, 4) is 11.1 Å². The second-order valence-corrected chi connectivity index (χ2v) is 6.50. The van der Waals surface area contributed by atoms with Crippen molar-refractivity contribution in [3.63, 3.8) is 0 Å². The van der Waals surface area contributed by atoms with Gasteiger partial charge in [-0.3, -0.25) is 0 Å². The molecule has 3 nitrogen and oxygen atoms in total. The van der Waals surface area contributed by atoms with Gasteiger partial charge in [0.15, 0.2) is 0 Å². The molecule has 2 N–H and O–H groups in total. The maximum absolute atomic E-state index is 6.03. The zero-order valence-electron chi connectivity index (χ0n) is 15.2. The topological polar surface area (TPSA) is 42.1 Å². The van der Waals surface area contributed by atoms with Gasteiger partial charge in [0.05, 0.1) is 11.0 Å². The third-order valence-corrected chi connectivity index (χ3v) is 4.97. The average molecular weight is 341 g/mol. The molecule has 0 amide bonds. The molecule has 0 spiro atoms. The van der Waals surface area contributed by atoms with E-state index in [4.69, 9.17) is 10.7 Å². The summed E-state index contributed by atoms with van der Waals surface area (Å²) in [6.07, 6.45) is 0. The summed E-state index contributed by atoms with van der Waals surface area (Å²) in [6.45, 7) is 6.32. The van der Waals surface area contributed by atoms with E-state index in [1.54, 1.807) is 0 Å². The summed E-state index contributed by atoms with van der Waals surface area (Å²) in [5.74, 6) is 0. The molecule has 0 atom stereocenters. The van der Waals surface area contributed by atoms with Gasteiger partial charge in [0.2, 0.25) is 0 Å². The lowest BCUT2D eigenvalue weighted by Gasteiger charge is -2.22. The summed E-state index contributed by atoms with van der Waals surface area (Å²) in [6, 6.07) is 23.1. The Bertz CT molecular complexity index is 1070. The number of nitrogens with zero attached hydrogens (tertiary/aromatic N) is 2. The van der Waals surface area contributed by atoms with E-state index in [0.717, 1.165) is 35.2 Å². The Hall–Kier alpha value is -3.07. The molecule has 26 heavy (non-hydrogen) atoms.